The van der Waals surface area contributed by atoms with Crippen LogP contribution in [0.1, 0.15) is 41.7 Å². The van der Waals surface area contributed by atoms with E-state index in [1.54, 1.807) is 6.07 Å². The summed E-state index contributed by atoms with van der Waals surface area (Å²) in [6.45, 7) is 4.18. The molecule has 0 aliphatic carbocycles. The first kappa shape index (κ1) is 23.9. The Bertz CT molecular complexity index is 1330. The first-order chi connectivity index (χ1) is 15.4. The lowest BCUT2D eigenvalue weighted by Crippen LogP contribution is -2.21. The zero-order valence-corrected chi connectivity index (χ0v) is 21.4. The molecule has 4 rings (SSSR count). The van der Waals surface area contributed by atoms with E-state index in [0.717, 1.165) is 32.2 Å². The lowest BCUT2D eigenvalue weighted by molar-refractivity contribution is -0.137. The van der Waals surface area contributed by atoms with Crippen LogP contribution in [0.3, 0.4) is 0 Å². The predicted octanol–water partition coefficient (Wildman–Crippen LogP) is 8.99. The van der Waals surface area contributed by atoms with Crippen molar-refractivity contribution in [2.45, 2.75) is 25.4 Å². The third-order valence-corrected chi connectivity index (χ3v) is 6.71. The minimum Gasteiger partial charge on any atom is -0.457 e. The van der Waals surface area contributed by atoms with Gasteiger partial charge in [0.05, 0.1) is 5.56 Å². The van der Waals surface area contributed by atoms with Gasteiger partial charge in [0.25, 0.3) is 0 Å². The van der Waals surface area contributed by atoms with E-state index in [-0.39, 0.29) is 16.0 Å². The maximum Gasteiger partial charge on any atom is 0.416 e. The third-order valence-electron chi connectivity index (χ3n) is 5.17. The molecule has 0 N–H and O–H groups in total. The Hall–Kier alpha value is -2.20. The zero-order chi connectivity index (χ0) is 24.0. The molecule has 33 heavy (non-hydrogen) atoms. The van der Waals surface area contributed by atoms with E-state index in [0.29, 0.717) is 17.1 Å². The molecule has 7 heteroatoms. The maximum atomic E-state index is 13.1. The first-order valence-electron chi connectivity index (χ1n) is 9.83. The molecule has 1 nitrogen and oxygen atoms in total. The fraction of sp³-hybridized carbons (Fsp3) is 0.154. The summed E-state index contributed by atoms with van der Waals surface area (Å²) >= 11 is 13.0. The second-order valence-corrected chi connectivity index (χ2v) is 10.3. The highest BCUT2D eigenvalue weighted by Crippen LogP contribution is 2.44. The minimum atomic E-state index is -4.49. The van der Waals surface area contributed by atoms with Crippen molar-refractivity contribution in [3.8, 4) is 17.6 Å². The standard InChI is InChI=1S/C26H16Br2ClF3O/c1-25(2)14-23(24-20(27)4-3-5-21(24)28)33-22-12-15(8-9-19(22)25)6-7-16-10-17(26(30,31)32)13-18(29)11-16/h3-5,8-14H,1-2H3. The summed E-state index contributed by atoms with van der Waals surface area (Å²) in [5, 5.41) is -0.0153. The van der Waals surface area contributed by atoms with Crippen LogP contribution in [-0.4, -0.2) is 0 Å². The van der Waals surface area contributed by atoms with Crippen LogP contribution < -0.4 is 4.74 Å². The van der Waals surface area contributed by atoms with Gasteiger partial charge in [0.15, 0.2) is 0 Å². The van der Waals surface area contributed by atoms with Crippen molar-refractivity contribution in [1.29, 1.82) is 0 Å². The highest BCUT2D eigenvalue weighted by molar-refractivity contribution is 9.11. The van der Waals surface area contributed by atoms with E-state index in [1.807, 2.05) is 30.3 Å². The average Bonchev–Trinajstić information content (AvgIpc) is 2.70. The number of fused-ring (bicyclic) bond motifs is 1. The summed E-state index contributed by atoms with van der Waals surface area (Å²) in [7, 11) is 0. The number of rotatable bonds is 1. The maximum absolute atomic E-state index is 13.1. The molecule has 0 unspecified atom stereocenters. The van der Waals surface area contributed by atoms with E-state index in [4.69, 9.17) is 16.3 Å². The van der Waals surface area contributed by atoms with Crippen LogP contribution in [0.25, 0.3) is 5.76 Å². The topological polar surface area (TPSA) is 9.23 Å². The molecule has 0 atom stereocenters. The molecule has 0 bridgehead atoms. The second kappa shape index (κ2) is 8.87. The molecule has 0 aromatic heterocycles. The molecule has 0 fully saturated rings. The number of halogens is 6. The lowest BCUT2D eigenvalue weighted by Gasteiger charge is -2.31. The summed E-state index contributed by atoms with van der Waals surface area (Å²) in [5.41, 5.74) is 1.55. The molecule has 1 heterocycles. The Kier molecular flexibility index (Phi) is 6.43. The van der Waals surface area contributed by atoms with Gasteiger partial charge in [0, 0.05) is 41.6 Å². The van der Waals surface area contributed by atoms with Gasteiger partial charge in [-0.25, -0.2) is 0 Å². The number of hydrogen-bond acceptors (Lipinski definition) is 1. The van der Waals surface area contributed by atoms with Crippen LogP contribution >= 0.6 is 43.5 Å². The van der Waals surface area contributed by atoms with Crippen molar-refractivity contribution in [3.05, 3.63) is 102 Å². The minimum absolute atomic E-state index is 0.0153. The van der Waals surface area contributed by atoms with E-state index >= 15 is 0 Å². The van der Waals surface area contributed by atoms with Gasteiger partial charge in [-0.1, -0.05) is 49.4 Å². The Morgan fingerprint density at radius 1 is 0.909 bits per heavy atom. The smallest absolute Gasteiger partial charge is 0.416 e. The Morgan fingerprint density at radius 2 is 1.58 bits per heavy atom. The van der Waals surface area contributed by atoms with Gasteiger partial charge >= 0.3 is 6.18 Å². The molecule has 3 aromatic carbocycles. The normalized spacial score (nSPS) is 14.5. The first-order valence-corrected chi connectivity index (χ1v) is 11.8. The van der Waals surface area contributed by atoms with Gasteiger partial charge in [-0.15, -0.1) is 0 Å². The van der Waals surface area contributed by atoms with E-state index in [1.165, 1.54) is 6.07 Å². The van der Waals surface area contributed by atoms with Crippen molar-refractivity contribution >= 4 is 49.2 Å². The van der Waals surface area contributed by atoms with Crippen LogP contribution in [0.5, 0.6) is 5.75 Å². The van der Waals surface area contributed by atoms with Crippen molar-refractivity contribution < 1.29 is 17.9 Å². The molecule has 1 aliphatic heterocycles. The molecule has 0 radical (unpaired) electrons. The molecule has 0 saturated carbocycles. The van der Waals surface area contributed by atoms with Gasteiger partial charge in [0.1, 0.15) is 11.5 Å². The van der Waals surface area contributed by atoms with Crippen molar-refractivity contribution in [3.63, 3.8) is 0 Å². The highest BCUT2D eigenvalue weighted by atomic mass is 79.9. The number of alkyl halides is 3. The molecule has 0 amide bonds. The van der Waals surface area contributed by atoms with Crippen molar-refractivity contribution in [2.24, 2.45) is 0 Å². The molecule has 168 valence electrons. The SMILES string of the molecule is CC1(C)C=C(c2c(Br)cccc2Br)Oc2cc(C#Cc3cc(Cl)cc(C(F)(F)F)c3)ccc21. The quantitative estimate of drug-likeness (QED) is 0.255. The van der Waals surface area contributed by atoms with Gasteiger partial charge in [-0.2, -0.15) is 13.2 Å². The molecule has 3 aromatic rings. The Balaban J connectivity index is 1.71. The monoisotopic (exact) mass is 594 g/mol. The van der Waals surface area contributed by atoms with Crippen LogP contribution in [0.4, 0.5) is 13.2 Å². The molecular weight excluding hydrogens is 581 g/mol. The van der Waals surface area contributed by atoms with Gasteiger partial charge < -0.3 is 4.74 Å². The summed E-state index contributed by atoms with van der Waals surface area (Å²) in [5.74, 6) is 7.05. The van der Waals surface area contributed by atoms with Crippen LogP contribution in [0, 0.1) is 11.8 Å². The summed E-state index contributed by atoms with van der Waals surface area (Å²) < 4.78 is 47.2. The van der Waals surface area contributed by atoms with Crippen LogP contribution in [0.2, 0.25) is 5.02 Å². The van der Waals surface area contributed by atoms with Crippen LogP contribution in [0.15, 0.2) is 69.6 Å². The zero-order valence-electron chi connectivity index (χ0n) is 17.4. The van der Waals surface area contributed by atoms with Gasteiger partial charge in [-0.3, -0.25) is 0 Å². The number of hydrogen-bond donors (Lipinski definition) is 0. The van der Waals surface area contributed by atoms with E-state index in [2.05, 4.69) is 63.6 Å². The second-order valence-electron chi connectivity index (χ2n) is 8.12. The van der Waals surface area contributed by atoms with E-state index in [9.17, 15) is 13.2 Å². The summed E-state index contributed by atoms with van der Waals surface area (Å²) in [6, 6.07) is 14.7. The summed E-state index contributed by atoms with van der Waals surface area (Å²) in [6.07, 6.45) is -2.43. The third kappa shape index (κ3) is 5.16. The number of allylic oxidation sites excluding steroid dienone is 1. The Morgan fingerprint density at radius 3 is 2.24 bits per heavy atom. The van der Waals surface area contributed by atoms with E-state index < -0.39 is 11.7 Å². The van der Waals surface area contributed by atoms with Crippen molar-refractivity contribution in [2.75, 3.05) is 0 Å². The van der Waals surface area contributed by atoms with Crippen molar-refractivity contribution in [1.82, 2.24) is 0 Å². The molecule has 0 saturated heterocycles. The fourth-order valence-electron chi connectivity index (χ4n) is 3.60. The van der Waals surface area contributed by atoms with Crippen LogP contribution in [-0.2, 0) is 11.6 Å². The molecule has 0 spiro atoms. The highest BCUT2D eigenvalue weighted by Gasteiger charge is 2.31. The Labute approximate surface area is 211 Å². The molecular formula is C26H16Br2ClF3O. The lowest BCUT2D eigenvalue weighted by atomic mass is 9.81. The molecule has 1 aliphatic rings. The number of benzene rings is 3. The largest absolute Gasteiger partial charge is 0.457 e. The number of ether oxygens (including phenoxy) is 1. The van der Waals surface area contributed by atoms with Gasteiger partial charge in [-0.05, 0) is 80.4 Å². The van der Waals surface area contributed by atoms with Gasteiger partial charge in [0.2, 0.25) is 0 Å². The predicted molar refractivity (Wildman–Crippen MR) is 132 cm³/mol. The average molecular weight is 597 g/mol. The fourth-order valence-corrected chi connectivity index (χ4v) is 5.22. The summed E-state index contributed by atoms with van der Waals surface area (Å²) in [4.78, 5) is 0.